The molecule has 1 aromatic rings. The van der Waals surface area contributed by atoms with E-state index in [2.05, 4.69) is 26.5 Å². The van der Waals surface area contributed by atoms with Crippen LogP contribution in [0.1, 0.15) is 18.6 Å². The molecule has 1 aromatic heterocycles. The Balaban J connectivity index is 1.92. The Morgan fingerprint density at radius 3 is 3.08 bits per heavy atom. The molecule has 2 rings (SSSR count). The topological polar surface area (TPSA) is 37.5 Å². The molecule has 0 radical (unpaired) electrons. The van der Waals surface area contributed by atoms with Crippen LogP contribution >= 0.6 is 15.9 Å². The van der Waals surface area contributed by atoms with Crippen molar-refractivity contribution in [2.45, 2.75) is 18.9 Å². The van der Waals surface area contributed by atoms with Gasteiger partial charge in [0.25, 0.3) is 0 Å². The quantitative estimate of drug-likeness (QED) is 0.636. The van der Waals surface area contributed by atoms with Gasteiger partial charge in [0.15, 0.2) is 5.76 Å². The largest absolute Gasteiger partial charge is 0.462 e. The predicted molar refractivity (Wildman–Crippen MR) is 50.2 cm³/mol. The van der Waals surface area contributed by atoms with Crippen LogP contribution in [-0.4, -0.2) is 12.3 Å². The summed E-state index contributed by atoms with van der Waals surface area (Å²) in [5, 5.41) is 4.04. The number of nitrogens with zero attached hydrogens (tertiary/aromatic N) is 1. The molecule has 1 fully saturated rings. The molecule has 0 saturated heterocycles. The molecule has 0 atom stereocenters. The van der Waals surface area contributed by atoms with E-state index >= 15 is 0 Å². The molecule has 1 heterocycles. The van der Waals surface area contributed by atoms with Crippen LogP contribution < -0.4 is 5.43 Å². The monoisotopic (exact) mass is 228 g/mol. The highest BCUT2D eigenvalue weighted by atomic mass is 79.9. The number of nitrogens with one attached hydrogen (secondary N) is 1. The Labute approximate surface area is 79.0 Å². The molecular formula is C8H9BrN2O. The SMILES string of the molecule is Brc1ccoc1/C=N/NC1CC1. The van der Waals surface area contributed by atoms with Crippen molar-refractivity contribution >= 4 is 22.1 Å². The van der Waals surface area contributed by atoms with Gasteiger partial charge < -0.3 is 9.84 Å². The van der Waals surface area contributed by atoms with Crippen molar-refractivity contribution < 1.29 is 4.42 Å². The number of rotatable bonds is 3. The van der Waals surface area contributed by atoms with Crippen LogP contribution in [0.15, 0.2) is 26.3 Å². The maximum atomic E-state index is 5.13. The van der Waals surface area contributed by atoms with Crippen molar-refractivity contribution in [2.24, 2.45) is 5.10 Å². The highest BCUT2D eigenvalue weighted by Crippen LogP contribution is 2.19. The maximum absolute atomic E-state index is 5.13. The molecule has 0 spiro atoms. The van der Waals surface area contributed by atoms with Crippen molar-refractivity contribution in [2.75, 3.05) is 0 Å². The highest BCUT2D eigenvalue weighted by molar-refractivity contribution is 9.10. The van der Waals surface area contributed by atoms with Gasteiger partial charge in [-0.15, -0.1) is 0 Å². The van der Waals surface area contributed by atoms with E-state index in [0.29, 0.717) is 6.04 Å². The first kappa shape index (κ1) is 7.86. The Kier molecular flexibility index (Phi) is 2.17. The first-order chi connectivity index (χ1) is 5.86. The number of hydrogen-bond donors (Lipinski definition) is 1. The summed E-state index contributed by atoms with van der Waals surface area (Å²) in [6.07, 6.45) is 5.78. The molecule has 1 aliphatic rings. The Morgan fingerprint density at radius 2 is 2.50 bits per heavy atom. The minimum absolute atomic E-state index is 0.593. The van der Waals surface area contributed by atoms with Crippen molar-refractivity contribution in [3.8, 4) is 0 Å². The Morgan fingerprint density at radius 1 is 1.67 bits per heavy atom. The third-order valence-electron chi connectivity index (χ3n) is 1.66. The van der Waals surface area contributed by atoms with Gasteiger partial charge in [-0.25, -0.2) is 0 Å². The molecule has 1 aliphatic carbocycles. The van der Waals surface area contributed by atoms with Crippen LogP contribution in [0.3, 0.4) is 0 Å². The number of hydrogen-bond acceptors (Lipinski definition) is 3. The van der Waals surface area contributed by atoms with Crippen LogP contribution in [0.2, 0.25) is 0 Å². The molecule has 4 heteroatoms. The van der Waals surface area contributed by atoms with E-state index in [0.717, 1.165) is 10.2 Å². The zero-order chi connectivity index (χ0) is 8.39. The standard InChI is InChI=1S/C8H9BrN2O/c9-7-3-4-12-8(7)5-10-11-6-1-2-6/h3-6,11H,1-2H2/b10-5+. The van der Waals surface area contributed by atoms with Gasteiger partial charge in [-0.3, -0.25) is 0 Å². The van der Waals surface area contributed by atoms with Crippen molar-refractivity contribution in [3.63, 3.8) is 0 Å². The van der Waals surface area contributed by atoms with Gasteiger partial charge >= 0.3 is 0 Å². The van der Waals surface area contributed by atoms with E-state index < -0.39 is 0 Å². The number of hydrazone groups is 1. The zero-order valence-electron chi connectivity index (χ0n) is 6.46. The lowest BCUT2D eigenvalue weighted by Gasteiger charge is -1.91. The second-order valence-electron chi connectivity index (χ2n) is 2.79. The summed E-state index contributed by atoms with van der Waals surface area (Å²) in [6.45, 7) is 0. The molecule has 0 aromatic carbocycles. The zero-order valence-corrected chi connectivity index (χ0v) is 8.04. The Bertz CT molecular complexity index is 291. The van der Waals surface area contributed by atoms with Crippen molar-refractivity contribution in [1.29, 1.82) is 0 Å². The first-order valence-corrected chi connectivity index (χ1v) is 4.67. The van der Waals surface area contributed by atoms with Crippen molar-refractivity contribution in [3.05, 3.63) is 22.6 Å². The van der Waals surface area contributed by atoms with E-state index in [-0.39, 0.29) is 0 Å². The fraction of sp³-hybridized carbons (Fsp3) is 0.375. The summed E-state index contributed by atoms with van der Waals surface area (Å²) in [4.78, 5) is 0. The molecule has 3 nitrogen and oxygen atoms in total. The lowest BCUT2D eigenvalue weighted by atomic mass is 10.5. The fourth-order valence-electron chi connectivity index (χ4n) is 0.811. The van der Waals surface area contributed by atoms with Crippen LogP contribution in [0.5, 0.6) is 0 Å². The molecule has 0 unspecified atom stereocenters. The minimum Gasteiger partial charge on any atom is -0.462 e. The van der Waals surface area contributed by atoms with E-state index in [4.69, 9.17) is 4.42 Å². The molecule has 1 saturated carbocycles. The smallest absolute Gasteiger partial charge is 0.160 e. The van der Waals surface area contributed by atoms with Gasteiger partial charge in [-0.1, -0.05) is 0 Å². The number of halogens is 1. The van der Waals surface area contributed by atoms with Gasteiger partial charge in [0.1, 0.15) is 0 Å². The van der Waals surface area contributed by atoms with Crippen LogP contribution in [0, 0.1) is 0 Å². The molecule has 12 heavy (non-hydrogen) atoms. The molecule has 1 N–H and O–H groups in total. The average molecular weight is 229 g/mol. The van der Waals surface area contributed by atoms with E-state index in [1.807, 2.05) is 6.07 Å². The van der Waals surface area contributed by atoms with Crippen LogP contribution in [0.25, 0.3) is 0 Å². The maximum Gasteiger partial charge on any atom is 0.160 e. The van der Waals surface area contributed by atoms with Crippen molar-refractivity contribution in [1.82, 2.24) is 5.43 Å². The third kappa shape index (κ3) is 1.88. The lowest BCUT2D eigenvalue weighted by Crippen LogP contribution is -2.07. The van der Waals surface area contributed by atoms with Gasteiger partial charge in [0, 0.05) is 6.04 Å². The van der Waals surface area contributed by atoms with Gasteiger partial charge in [0.2, 0.25) is 0 Å². The Hall–Kier alpha value is -0.770. The summed E-state index contributed by atoms with van der Waals surface area (Å²) >= 11 is 3.34. The number of furan rings is 1. The van der Waals surface area contributed by atoms with Gasteiger partial charge in [-0.2, -0.15) is 5.10 Å². The van der Waals surface area contributed by atoms with Crippen LogP contribution in [-0.2, 0) is 0 Å². The summed E-state index contributed by atoms with van der Waals surface area (Å²) in [5.41, 5.74) is 3.01. The highest BCUT2D eigenvalue weighted by Gasteiger charge is 2.19. The van der Waals surface area contributed by atoms with Gasteiger partial charge in [0.05, 0.1) is 17.0 Å². The van der Waals surface area contributed by atoms with E-state index in [9.17, 15) is 0 Å². The molecule has 0 bridgehead atoms. The lowest BCUT2D eigenvalue weighted by molar-refractivity contribution is 0.557. The van der Waals surface area contributed by atoms with Crippen LogP contribution in [0.4, 0.5) is 0 Å². The second-order valence-corrected chi connectivity index (χ2v) is 3.65. The van der Waals surface area contributed by atoms with Gasteiger partial charge in [-0.05, 0) is 34.8 Å². The molecule has 64 valence electrons. The average Bonchev–Trinajstić information content (AvgIpc) is 2.78. The summed E-state index contributed by atoms with van der Waals surface area (Å²) in [6, 6.07) is 2.44. The van der Waals surface area contributed by atoms with E-state index in [1.165, 1.54) is 12.8 Å². The summed E-state index contributed by atoms with van der Waals surface area (Å²) in [5.74, 6) is 0.753. The minimum atomic E-state index is 0.593. The molecule has 0 amide bonds. The predicted octanol–water partition coefficient (Wildman–Crippen LogP) is 2.13. The normalized spacial score (nSPS) is 17.1. The third-order valence-corrected chi connectivity index (χ3v) is 2.32. The molecular weight excluding hydrogens is 220 g/mol. The summed E-state index contributed by atoms with van der Waals surface area (Å²) in [7, 11) is 0. The molecule has 0 aliphatic heterocycles. The van der Waals surface area contributed by atoms with E-state index in [1.54, 1.807) is 12.5 Å². The fourth-order valence-corrected chi connectivity index (χ4v) is 1.12. The summed E-state index contributed by atoms with van der Waals surface area (Å²) < 4.78 is 6.06. The first-order valence-electron chi connectivity index (χ1n) is 3.88. The second kappa shape index (κ2) is 3.31.